The molecular formula is C16H17Cl2FN2. The van der Waals surface area contributed by atoms with Crippen LogP contribution in [0, 0.1) is 5.82 Å². The number of pyridine rings is 1. The Balaban J connectivity index is 2.23. The first-order valence-corrected chi connectivity index (χ1v) is 7.63. The van der Waals surface area contributed by atoms with Crippen LogP contribution >= 0.6 is 23.2 Å². The third kappa shape index (κ3) is 4.67. The molecule has 1 unspecified atom stereocenters. The van der Waals surface area contributed by atoms with Gasteiger partial charge in [-0.3, -0.25) is 4.98 Å². The normalized spacial score (nSPS) is 12.4. The fourth-order valence-corrected chi connectivity index (χ4v) is 2.64. The van der Waals surface area contributed by atoms with Crippen molar-refractivity contribution in [2.24, 2.45) is 0 Å². The third-order valence-electron chi connectivity index (χ3n) is 3.21. The summed E-state index contributed by atoms with van der Waals surface area (Å²) in [6.45, 7) is 2.93. The monoisotopic (exact) mass is 326 g/mol. The Morgan fingerprint density at radius 3 is 2.71 bits per heavy atom. The van der Waals surface area contributed by atoms with Gasteiger partial charge in [0.15, 0.2) is 0 Å². The van der Waals surface area contributed by atoms with Crippen LogP contribution in [0.15, 0.2) is 36.7 Å². The summed E-state index contributed by atoms with van der Waals surface area (Å²) < 4.78 is 13.4. The van der Waals surface area contributed by atoms with Crippen LogP contribution < -0.4 is 5.32 Å². The van der Waals surface area contributed by atoms with E-state index in [1.165, 1.54) is 12.3 Å². The van der Waals surface area contributed by atoms with Crippen molar-refractivity contribution < 1.29 is 4.39 Å². The van der Waals surface area contributed by atoms with Crippen molar-refractivity contribution in [2.45, 2.75) is 25.8 Å². The van der Waals surface area contributed by atoms with Crippen molar-refractivity contribution in [3.63, 3.8) is 0 Å². The van der Waals surface area contributed by atoms with Crippen LogP contribution in [-0.2, 0) is 6.42 Å². The van der Waals surface area contributed by atoms with Gasteiger partial charge in [-0.25, -0.2) is 4.39 Å². The second-order valence-corrected chi connectivity index (χ2v) is 5.73. The molecule has 1 heterocycles. The molecule has 1 aromatic carbocycles. The molecule has 0 bridgehead atoms. The zero-order valence-corrected chi connectivity index (χ0v) is 13.3. The Bertz CT molecular complexity index is 605. The first-order chi connectivity index (χ1) is 10.1. The summed E-state index contributed by atoms with van der Waals surface area (Å²) in [6.07, 6.45) is 4.53. The molecule has 112 valence electrons. The average molecular weight is 327 g/mol. The number of aromatic nitrogens is 1. The average Bonchev–Trinajstić information content (AvgIpc) is 2.45. The van der Waals surface area contributed by atoms with Gasteiger partial charge in [0.1, 0.15) is 5.82 Å². The van der Waals surface area contributed by atoms with E-state index in [1.807, 2.05) is 12.1 Å². The van der Waals surface area contributed by atoms with Crippen molar-refractivity contribution in [1.82, 2.24) is 10.3 Å². The van der Waals surface area contributed by atoms with Gasteiger partial charge in [-0.15, -0.1) is 0 Å². The van der Waals surface area contributed by atoms with Crippen molar-refractivity contribution in [3.8, 4) is 0 Å². The molecule has 0 saturated carbocycles. The minimum absolute atomic E-state index is 0.0353. The van der Waals surface area contributed by atoms with Crippen LogP contribution in [0.3, 0.4) is 0 Å². The Kier molecular flexibility index (Phi) is 5.97. The fraction of sp³-hybridized carbons (Fsp3) is 0.312. The Hall–Kier alpha value is -1.16. The van der Waals surface area contributed by atoms with E-state index in [2.05, 4.69) is 17.2 Å². The lowest BCUT2D eigenvalue weighted by Gasteiger charge is -2.19. The molecule has 0 spiro atoms. The predicted molar refractivity (Wildman–Crippen MR) is 85.4 cm³/mol. The number of rotatable bonds is 6. The van der Waals surface area contributed by atoms with Crippen LogP contribution in [0.5, 0.6) is 0 Å². The van der Waals surface area contributed by atoms with Crippen LogP contribution in [0.1, 0.15) is 30.5 Å². The van der Waals surface area contributed by atoms with E-state index < -0.39 is 0 Å². The molecule has 2 aromatic rings. The highest BCUT2D eigenvalue weighted by molar-refractivity contribution is 6.35. The summed E-state index contributed by atoms with van der Waals surface area (Å²) in [7, 11) is 0. The van der Waals surface area contributed by atoms with Crippen molar-refractivity contribution >= 4 is 23.2 Å². The van der Waals surface area contributed by atoms with Gasteiger partial charge < -0.3 is 5.32 Å². The Labute approximate surface area is 134 Å². The van der Waals surface area contributed by atoms with E-state index in [0.29, 0.717) is 16.5 Å². The molecule has 0 radical (unpaired) electrons. The molecule has 0 aliphatic heterocycles. The minimum atomic E-state index is -0.335. The van der Waals surface area contributed by atoms with Gasteiger partial charge in [0.05, 0.1) is 6.20 Å². The summed E-state index contributed by atoms with van der Waals surface area (Å²) in [5.74, 6) is -0.335. The molecule has 1 aromatic heterocycles. The van der Waals surface area contributed by atoms with Crippen molar-refractivity contribution in [3.05, 3.63) is 63.6 Å². The van der Waals surface area contributed by atoms with Gasteiger partial charge >= 0.3 is 0 Å². The molecule has 5 heteroatoms. The first kappa shape index (κ1) is 16.2. The maximum atomic E-state index is 13.4. The van der Waals surface area contributed by atoms with E-state index in [0.717, 1.165) is 24.1 Å². The summed E-state index contributed by atoms with van der Waals surface area (Å²) in [6, 6.07) is 6.90. The molecule has 0 aliphatic carbocycles. The lowest BCUT2D eigenvalue weighted by atomic mass is 10.00. The lowest BCUT2D eigenvalue weighted by molar-refractivity contribution is 0.521. The smallest absolute Gasteiger partial charge is 0.141 e. The second-order valence-electron chi connectivity index (χ2n) is 4.88. The van der Waals surface area contributed by atoms with E-state index in [-0.39, 0.29) is 11.9 Å². The summed E-state index contributed by atoms with van der Waals surface area (Å²) in [5, 5.41) is 4.63. The molecule has 0 amide bonds. The molecule has 21 heavy (non-hydrogen) atoms. The van der Waals surface area contributed by atoms with Gasteiger partial charge in [0.2, 0.25) is 0 Å². The van der Waals surface area contributed by atoms with Crippen LogP contribution in [-0.4, -0.2) is 11.5 Å². The molecular weight excluding hydrogens is 310 g/mol. The highest BCUT2D eigenvalue weighted by Gasteiger charge is 2.14. The SMILES string of the molecule is CCCNC(Cc1ccc(Cl)cc1Cl)c1cncc(F)c1. The quantitative estimate of drug-likeness (QED) is 0.823. The molecule has 1 atom stereocenters. The van der Waals surface area contributed by atoms with Gasteiger partial charge in [-0.05, 0) is 48.7 Å². The highest BCUT2D eigenvalue weighted by Crippen LogP contribution is 2.26. The van der Waals surface area contributed by atoms with Crippen molar-refractivity contribution in [2.75, 3.05) is 6.54 Å². The summed E-state index contributed by atoms with van der Waals surface area (Å²) in [4.78, 5) is 3.92. The third-order valence-corrected chi connectivity index (χ3v) is 3.80. The largest absolute Gasteiger partial charge is 0.310 e. The molecule has 1 N–H and O–H groups in total. The van der Waals surface area contributed by atoms with E-state index in [9.17, 15) is 4.39 Å². The first-order valence-electron chi connectivity index (χ1n) is 6.88. The molecule has 0 saturated heterocycles. The number of halogens is 3. The number of hydrogen-bond acceptors (Lipinski definition) is 2. The van der Waals surface area contributed by atoms with E-state index >= 15 is 0 Å². The van der Waals surface area contributed by atoms with Crippen LogP contribution in [0.2, 0.25) is 10.0 Å². The number of nitrogens with zero attached hydrogens (tertiary/aromatic N) is 1. The minimum Gasteiger partial charge on any atom is -0.310 e. The second kappa shape index (κ2) is 7.74. The number of benzene rings is 1. The topological polar surface area (TPSA) is 24.9 Å². The lowest BCUT2D eigenvalue weighted by Crippen LogP contribution is -2.24. The molecule has 2 nitrogen and oxygen atoms in total. The maximum absolute atomic E-state index is 13.4. The number of hydrogen-bond donors (Lipinski definition) is 1. The van der Waals surface area contributed by atoms with Gasteiger partial charge in [-0.2, -0.15) is 0 Å². The summed E-state index contributed by atoms with van der Waals surface area (Å²) >= 11 is 12.1. The van der Waals surface area contributed by atoms with Crippen LogP contribution in [0.4, 0.5) is 4.39 Å². The molecule has 0 aliphatic rings. The number of nitrogens with one attached hydrogen (secondary N) is 1. The zero-order valence-electron chi connectivity index (χ0n) is 11.7. The summed E-state index contributed by atoms with van der Waals surface area (Å²) in [5.41, 5.74) is 1.79. The molecule has 0 fully saturated rings. The zero-order chi connectivity index (χ0) is 15.2. The fourth-order valence-electron chi connectivity index (χ4n) is 2.15. The highest BCUT2D eigenvalue weighted by atomic mass is 35.5. The standard InChI is InChI=1S/C16H17Cl2FN2/c1-2-5-21-16(12-6-14(19)10-20-9-12)7-11-3-4-13(17)8-15(11)18/h3-4,6,8-10,16,21H,2,5,7H2,1H3. The Morgan fingerprint density at radius 2 is 2.05 bits per heavy atom. The predicted octanol–water partition coefficient (Wildman–Crippen LogP) is 4.81. The van der Waals surface area contributed by atoms with Gasteiger partial charge in [0.25, 0.3) is 0 Å². The molecule has 2 rings (SSSR count). The van der Waals surface area contributed by atoms with E-state index in [4.69, 9.17) is 23.2 Å². The van der Waals surface area contributed by atoms with Gasteiger partial charge in [0, 0.05) is 22.3 Å². The maximum Gasteiger partial charge on any atom is 0.141 e. The van der Waals surface area contributed by atoms with Crippen LogP contribution in [0.25, 0.3) is 0 Å². The van der Waals surface area contributed by atoms with Gasteiger partial charge in [-0.1, -0.05) is 36.2 Å². The Morgan fingerprint density at radius 1 is 1.24 bits per heavy atom. The van der Waals surface area contributed by atoms with E-state index in [1.54, 1.807) is 12.3 Å². The van der Waals surface area contributed by atoms with Crippen molar-refractivity contribution in [1.29, 1.82) is 0 Å².